The zero-order valence-electron chi connectivity index (χ0n) is 21.9. The molecule has 1 atom stereocenters. The quantitative estimate of drug-likeness (QED) is 0.359. The van der Waals surface area contributed by atoms with Gasteiger partial charge in [-0.1, -0.05) is 39.0 Å². The number of nitrogens with one attached hydrogen (secondary N) is 1. The molecule has 0 aliphatic heterocycles. The van der Waals surface area contributed by atoms with Crippen molar-refractivity contribution in [1.29, 1.82) is 0 Å². The van der Waals surface area contributed by atoms with Crippen molar-refractivity contribution in [2.45, 2.75) is 72.6 Å². The highest BCUT2D eigenvalue weighted by atomic mass is 19.1. The van der Waals surface area contributed by atoms with Crippen molar-refractivity contribution in [3.8, 4) is 0 Å². The summed E-state index contributed by atoms with van der Waals surface area (Å²) in [5, 5.41) is 13.7. The van der Waals surface area contributed by atoms with Crippen LogP contribution >= 0.6 is 0 Å². The predicted octanol–water partition coefficient (Wildman–Crippen LogP) is 5.37. The number of hydrogen-bond donors (Lipinski definition) is 1. The van der Waals surface area contributed by atoms with Gasteiger partial charge in [0.25, 0.3) is 5.56 Å². The van der Waals surface area contributed by atoms with Gasteiger partial charge in [0.1, 0.15) is 5.82 Å². The maximum Gasteiger partial charge on any atom is 0.252 e. The first kappa shape index (κ1) is 25.7. The Balaban J connectivity index is 1.81. The second kappa shape index (κ2) is 10.3. The van der Waals surface area contributed by atoms with Crippen LogP contribution in [0.4, 0.5) is 4.39 Å². The summed E-state index contributed by atoms with van der Waals surface area (Å²) in [6, 6.07) is 14.4. The number of rotatable bonds is 8. The van der Waals surface area contributed by atoms with E-state index in [-0.39, 0.29) is 28.9 Å². The van der Waals surface area contributed by atoms with Crippen LogP contribution in [0, 0.1) is 11.7 Å². The first-order valence-electron chi connectivity index (χ1n) is 12.5. The third kappa shape index (κ3) is 5.54. The van der Waals surface area contributed by atoms with Crippen LogP contribution in [0.5, 0.6) is 0 Å². The van der Waals surface area contributed by atoms with E-state index in [2.05, 4.69) is 73.0 Å². The number of halogens is 1. The van der Waals surface area contributed by atoms with Gasteiger partial charge in [0.2, 0.25) is 0 Å². The van der Waals surface area contributed by atoms with Gasteiger partial charge in [0.05, 0.1) is 11.6 Å². The summed E-state index contributed by atoms with van der Waals surface area (Å²) in [7, 11) is 0. The molecule has 2 aromatic carbocycles. The Bertz CT molecular complexity index is 1380. The number of pyridine rings is 1. The minimum absolute atomic E-state index is 0.117. The number of aromatic amines is 1. The molecule has 0 fully saturated rings. The Labute approximate surface area is 211 Å². The maximum atomic E-state index is 13.6. The molecule has 7 nitrogen and oxygen atoms in total. The monoisotopic (exact) mass is 490 g/mol. The highest BCUT2D eigenvalue weighted by molar-refractivity contribution is 5.79. The van der Waals surface area contributed by atoms with Gasteiger partial charge in [-0.05, 0) is 90.4 Å². The van der Waals surface area contributed by atoms with Gasteiger partial charge in [-0.15, -0.1) is 5.10 Å². The van der Waals surface area contributed by atoms with Gasteiger partial charge in [0.15, 0.2) is 5.82 Å². The van der Waals surface area contributed by atoms with Crippen molar-refractivity contribution < 1.29 is 4.39 Å². The van der Waals surface area contributed by atoms with Crippen LogP contribution in [0.3, 0.4) is 0 Å². The zero-order valence-corrected chi connectivity index (χ0v) is 21.9. The van der Waals surface area contributed by atoms with Crippen molar-refractivity contribution in [2.75, 3.05) is 0 Å². The van der Waals surface area contributed by atoms with Gasteiger partial charge < -0.3 is 4.98 Å². The molecule has 2 heterocycles. The lowest BCUT2D eigenvalue weighted by Crippen LogP contribution is -2.37. The van der Waals surface area contributed by atoms with Crippen LogP contribution in [-0.2, 0) is 25.0 Å². The second-order valence-electron chi connectivity index (χ2n) is 10.7. The number of nitrogens with zero attached hydrogens (tertiary/aromatic N) is 5. The van der Waals surface area contributed by atoms with E-state index in [0.29, 0.717) is 18.7 Å². The lowest BCUT2D eigenvalue weighted by atomic mass is 9.98. The molecule has 0 radical (unpaired) electrons. The normalized spacial score (nSPS) is 13.1. The number of hydrogen-bond acceptors (Lipinski definition) is 5. The number of benzene rings is 2. The van der Waals surface area contributed by atoms with Crippen molar-refractivity contribution in [2.24, 2.45) is 5.92 Å². The molecule has 4 aromatic rings. The first-order chi connectivity index (χ1) is 17.1. The van der Waals surface area contributed by atoms with Crippen LogP contribution in [-0.4, -0.2) is 30.1 Å². The number of aryl methyl sites for hydroxylation is 1. The molecule has 2 aromatic heterocycles. The van der Waals surface area contributed by atoms with E-state index in [0.717, 1.165) is 28.7 Å². The van der Waals surface area contributed by atoms with E-state index in [4.69, 9.17) is 0 Å². The van der Waals surface area contributed by atoms with E-state index < -0.39 is 0 Å². The maximum absolute atomic E-state index is 13.6. The summed E-state index contributed by atoms with van der Waals surface area (Å²) < 4.78 is 15.5. The lowest BCUT2D eigenvalue weighted by Gasteiger charge is -2.35. The van der Waals surface area contributed by atoms with Crippen LogP contribution in [0.1, 0.15) is 70.1 Å². The van der Waals surface area contributed by atoms with Gasteiger partial charge >= 0.3 is 0 Å². The summed E-state index contributed by atoms with van der Waals surface area (Å²) in [5.74, 6) is 0.606. The van der Waals surface area contributed by atoms with Crippen molar-refractivity contribution in [1.82, 2.24) is 30.1 Å². The molecule has 1 N–H and O–H groups in total. The first-order valence-corrected chi connectivity index (χ1v) is 12.5. The summed E-state index contributed by atoms with van der Waals surface area (Å²) in [6.07, 6.45) is 0.923. The van der Waals surface area contributed by atoms with Gasteiger partial charge in [-0.2, -0.15) is 0 Å². The highest BCUT2D eigenvalue weighted by Gasteiger charge is 2.33. The minimum atomic E-state index is -0.315. The predicted molar refractivity (Wildman–Crippen MR) is 140 cm³/mol. The van der Waals surface area contributed by atoms with E-state index in [1.807, 2.05) is 22.9 Å². The Morgan fingerprint density at radius 2 is 1.72 bits per heavy atom. The molecule has 0 saturated heterocycles. The van der Waals surface area contributed by atoms with Crippen molar-refractivity contribution in [3.63, 3.8) is 0 Å². The van der Waals surface area contributed by atoms with E-state index in [1.54, 1.807) is 12.1 Å². The smallest absolute Gasteiger partial charge is 0.252 e. The minimum Gasteiger partial charge on any atom is -0.322 e. The molecule has 36 heavy (non-hydrogen) atoms. The fourth-order valence-corrected chi connectivity index (χ4v) is 4.67. The summed E-state index contributed by atoms with van der Waals surface area (Å²) >= 11 is 0. The third-order valence-corrected chi connectivity index (χ3v) is 6.48. The van der Waals surface area contributed by atoms with Crippen LogP contribution < -0.4 is 5.56 Å². The van der Waals surface area contributed by atoms with E-state index in [1.165, 1.54) is 17.7 Å². The van der Waals surface area contributed by atoms with Crippen LogP contribution in [0.25, 0.3) is 10.9 Å². The highest BCUT2D eigenvalue weighted by Crippen LogP contribution is 2.32. The molecule has 0 bridgehead atoms. The summed E-state index contributed by atoms with van der Waals surface area (Å²) in [5.41, 5.74) is 3.22. The Morgan fingerprint density at radius 1 is 1.03 bits per heavy atom. The molecule has 0 saturated carbocycles. The average molecular weight is 491 g/mol. The molecule has 0 unspecified atom stereocenters. The van der Waals surface area contributed by atoms with Crippen molar-refractivity contribution in [3.05, 3.63) is 87.2 Å². The Hall–Kier alpha value is -3.39. The molecular weight excluding hydrogens is 455 g/mol. The molecular formula is C28H35FN6O. The summed E-state index contributed by atoms with van der Waals surface area (Å²) in [6.45, 7) is 13.5. The SMILES string of the molecule is CCc1ccc2[nH]c(=O)c(CN(Cc3ccc(F)cc3)[C@H](c3nnnn3C(C)(C)C)C(C)C)cc2c1. The van der Waals surface area contributed by atoms with Crippen molar-refractivity contribution >= 4 is 10.9 Å². The fraction of sp³-hybridized carbons (Fsp3) is 0.429. The fourth-order valence-electron chi connectivity index (χ4n) is 4.67. The third-order valence-electron chi connectivity index (χ3n) is 6.48. The summed E-state index contributed by atoms with van der Waals surface area (Å²) in [4.78, 5) is 18.4. The van der Waals surface area contributed by atoms with Gasteiger partial charge in [-0.3, -0.25) is 9.69 Å². The Morgan fingerprint density at radius 3 is 2.36 bits per heavy atom. The largest absolute Gasteiger partial charge is 0.322 e. The molecule has 0 spiro atoms. The molecule has 0 aliphatic carbocycles. The number of fused-ring (bicyclic) bond motifs is 1. The van der Waals surface area contributed by atoms with Crippen LogP contribution in [0.2, 0.25) is 0 Å². The number of tetrazole rings is 1. The zero-order chi connectivity index (χ0) is 26.0. The average Bonchev–Trinajstić information content (AvgIpc) is 3.30. The molecule has 4 rings (SSSR count). The van der Waals surface area contributed by atoms with E-state index >= 15 is 0 Å². The Kier molecular flexibility index (Phi) is 7.36. The van der Waals surface area contributed by atoms with Gasteiger partial charge in [0, 0.05) is 24.2 Å². The van der Waals surface area contributed by atoms with Crippen LogP contribution in [0.15, 0.2) is 53.3 Å². The van der Waals surface area contributed by atoms with E-state index in [9.17, 15) is 9.18 Å². The number of H-pyrrole nitrogens is 1. The molecule has 8 heteroatoms. The molecule has 190 valence electrons. The standard InChI is InChI=1S/C28H35FN6O/c1-7-19-10-13-24-21(14-19)15-22(27(36)30-24)17-34(16-20-8-11-23(29)12-9-20)25(18(2)3)26-31-32-33-35(26)28(4,5)6/h8-15,18,25H,7,16-17H2,1-6H3,(H,30,36)/t25-/m0/s1. The second-order valence-corrected chi connectivity index (χ2v) is 10.7. The lowest BCUT2D eigenvalue weighted by molar-refractivity contribution is 0.119. The van der Waals surface area contributed by atoms with Gasteiger partial charge in [-0.25, -0.2) is 9.07 Å². The topological polar surface area (TPSA) is 79.7 Å². The molecule has 0 aliphatic rings. The molecule has 0 amide bonds. The number of aromatic nitrogens is 5.